The molecule has 0 aromatic carbocycles. The average Bonchev–Trinajstić information content (AvgIpc) is 2.55. The quantitative estimate of drug-likeness (QED) is 0.633. The van der Waals surface area contributed by atoms with E-state index >= 15 is 0 Å². The van der Waals surface area contributed by atoms with Gasteiger partial charge >= 0.3 is 23.8 Å². The van der Waals surface area contributed by atoms with E-state index < -0.39 is 11.9 Å². The van der Waals surface area contributed by atoms with Crippen LogP contribution in [0.4, 0.5) is 0 Å². The smallest absolute Gasteiger partial charge is 0.414 e. The Bertz CT molecular complexity index is 407. The number of carboxylic acid groups (broad SMARTS) is 2. The van der Waals surface area contributed by atoms with Crippen LogP contribution >= 0.6 is 0 Å². The summed E-state index contributed by atoms with van der Waals surface area (Å²) in [4.78, 5) is 46.2. The van der Waals surface area contributed by atoms with Crippen LogP contribution in [0.2, 0.25) is 0 Å². The Hall–Kier alpha value is -2.12. The molecule has 0 radical (unpaired) electrons. The Morgan fingerprint density at radius 2 is 0.833 bits per heavy atom. The van der Waals surface area contributed by atoms with Crippen molar-refractivity contribution in [3.05, 3.63) is 0 Å². The van der Waals surface area contributed by atoms with Gasteiger partial charge in [-0.2, -0.15) is 0 Å². The van der Waals surface area contributed by atoms with E-state index in [1.165, 1.54) is 25.7 Å². The number of aliphatic carboxylic acids is 2. The molecule has 2 aliphatic rings. The third-order valence-corrected chi connectivity index (χ3v) is 4.15. The van der Waals surface area contributed by atoms with Crippen molar-refractivity contribution < 1.29 is 29.4 Å². The monoisotopic (exact) mass is 342 g/mol. The molecule has 2 rings (SSSR count). The maximum Gasteiger partial charge on any atom is 0.414 e. The highest BCUT2D eigenvalue weighted by molar-refractivity contribution is 6.34. The van der Waals surface area contributed by atoms with Crippen molar-refractivity contribution in [3.63, 3.8) is 0 Å². The van der Waals surface area contributed by atoms with Crippen molar-refractivity contribution in [2.75, 3.05) is 26.2 Å². The van der Waals surface area contributed by atoms with Gasteiger partial charge in [0.25, 0.3) is 0 Å². The second-order valence-corrected chi connectivity index (χ2v) is 6.02. The number of nitrogens with zero attached hydrogens (tertiary/aromatic N) is 2. The summed E-state index contributed by atoms with van der Waals surface area (Å²) in [5.41, 5.74) is 0. The van der Waals surface area contributed by atoms with Crippen LogP contribution in [-0.2, 0) is 19.2 Å². The number of carboxylic acids is 2. The van der Waals surface area contributed by atoms with Crippen LogP contribution in [0, 0.1) is 0 Å². The summed E-state index contributed by atoms with van der Waals surface area (Å²) in [5, 5.41) is 14.8. The average molecular weight is 342 g/mol. The van der Waals surface area contributed by atoms with Gasteiger partial charge in [-0.15, -0.1) is 0 Å². The van der Waals surface area contributed by atoms with Crippen molar-refractivity contribution in [2.24, 2.45) is 0 Å². The van der Waals surface area contributed by atoms with Gasteiger partial charge in [-0.05, 0) is 25.7 Å². The topological polar surface area (TPSA) is 115 Å². The van der Waals surface area contributed by atoms with Crippen molar-refractivity contribution in [1.82, 2.24) is 9.80 Å². The largest absolute Gasteiger partial charge is 0.473 e. The SMILES string of the molecule is O=C(O)C(=O)O.O=C1C(=O)N2CCCCCCN1CCCCCC2. The molecule has 2 heterocycles. The zero-order valence-electron chi connectivity index (χ0n) is 13.9. The first-order chi connectivity index (χ1) is 11.4. The summed E-state index contributed by atoms with van der Waals surface area (Å²) < 4.78 is 0. The lowest BCUT2D eigenvalue weighted by atomic mass is 10.1. The van der Waals surface area contributed by atoms with E-state index in [4.69, 9.17) is 19.8 Å². The number of hydrogen-bond donors (Lipinski definition) is 2. The molecule has 0 aliphatic carbocycles. The molecule has 0 spiro atoms. The van der Waals surface area contributed by atoms with Crippen LogP contribution in [-0.4, -0.2) is 69.9 Å². The lowest BCUT2D eigenvalue weighted by Crippen LogP contribution is -2.47. The van der Waals surface area contributed by atoms with E-state index in [0.717, 1.165) is 51.9 Å². The van der Waals surface area contributed by atoms with Gasteiger partial charge < -0.3 is 20.0 Å². The van der Waals surface area contributed by atoms with Crippen LogP contribution in [0.3, 0.4) is 0 Å². The van der Waals surface area contributed by atoms with Gasteiger partial charge in [0.2, 0.25) is 0 Å². The minimum Gasteiger partial charge on any atom is -0.473 e. The summed E-state index contributed by atoms with van der Waals surface area (Å²) in [6.07, 6.45) is 8.85. The van der Waals surface area contributed by atoms with Gasteiger partial charge in [-0.25, -0.2) is 9.59 Å². The van der Waals surface area contributed by atoms with Crippen molar-refractivity contribution in [3.8, 4) is 0 Å². The molecule has 2 N–H and O–H groups in total. The zero-order chi connectivity index (χ0) is 17.9. The van der Waals surface area contributed by atoms with E-state index in [2.05, 4.69) is 0 Å². The van der Waals surface area contributed by atoms with E-state index in [-0.39, 0.29) is 11.8 Å². The molecule has 24 heavy (non-hydrogen) atoms. The van der Waals surface area contributed by atoms with Crippen LogP contribution in [0.15, 0.2) is 0 Å². The molecule has 0 saturated carbocycles. The fourth-order valence-corrected chi connectivity index (χ4v) is 2.82. The molecule has 0 aromatic rings. The second-order valence-electron chi connectivity index (χ2n) is 6.02. The summed E-state index contributed by atoms with van der Waals surface area (Å²) >= 11 is 0. The first-order valence-corrected chi connectivity index (χ1v) is 8.48. The highest BCUT2D eigenvalue weighted by Crippen LogP contribution is 2.13. The van der Waals surface area contributed by atoms with Gasteiger partial charge in [0.15, 0.2) is 0 Å². The Morgan fingerprint density at radius 3 is 1.04 bits per heavy atom. The number of hydrogen-bond acceptors (Lipinski definition) is 4. The molecule has 0 atom stereocenters. The molecule has 2 bridgehead atoms. The number of fused-ring (bicyclic) bond motifs is 3. The number of carbonyl (C=O) groups is 4. The second kappa shape index (κ2) is 10.6. The van der Waals surface area contributed by atoms with Crippen molar-refractivity contribution >= 4 is 23.8 Å². The highest BCUT2D eigenvalue weighted by Gasteiger charge is 2.27. The lowest BCUT2D eigenvalue weighted by molar-refractivity contribution is -0.159. The van der Waals surface area contributed by atoms with Crippen LogP contribution < -0.4 is 0 Å². The predicted octanol–water partition coefficient (Wildman–Crippen LogP) is 0.947. The molecular formula is C16H26N2O6. The normalized spacial score (nSPS) is 20.0. The third-order valence-electron chi connectivity index (χ3n) is 4.15. The first kappa shape index (κ1) is 19.9. The number of carbonyl (C=O) groups excluding carboxylic acids is 2. The Labute approximate surface area is 141 Å². The molecule has 136 valence electrons. The van der Waals surface area contributed by atoms with Gasteiger partial charge in [0, 0.05) is 26.2 Å². The molecule has 2 saturated heterocycles. The van der Waals surface area contributed by atoms with Crippen LogP contribution in [0.5, 0.6) is 0 Å². The predicted molar refractivity (Wildman–Crippen MR) is 85.4 cm³/mol. The van der Waals surface area contributed by atoms with E-state index in [1.807, 2.05) is 0 Å². The molecule has 0 unspecified atom stereocenters. The van der Waals surface area contributed by atoms with Crippen LogP contribution in [0.25, 0.3) is 0 Å². The summed E-state index contributed by atoms with van der Waals surface area (Å²) in [7, 11) is 0. The summed E-state index contributed by atoms with van der Waals surface area (Å²) in [6.45, 7) is 3.05. The van der Waals surface area contributed by atoms with Crippen molar-refractivity contribution in [1.29, 1.82) is 0 Å². The fourth-order valence-electron chi connectivity index (χ4n) is 2.82. The zero-order valence-corrected chi connectivity index (χ0v) is 13.9. The molecular weight excluding hydrogens is 316 g/mol. The lowest BCUT2D eigenvalue weighted by Gasteiger charge is -2.29. The minimum absolute atomic E-state index is 0.265. The van der Waals surface area contributed by atoms with Crippen LogP contribution in [0.1, 0.15) is 51.4 Å². The van der Waals surface area contributed by atoms with E-state index in [9.17, 15) is 9.59 Å². The molecule has 8 nitrogen and oxygen atoms in total. The number of amides is 2. The Morgan fingerprint density at radius 1 is 0.583 bits per heavy atom. The molecule has 2 aliphatic heterocycles. The maximum absolute atomic E-state index is 12.2. The summed E-state index contributed by atoms with van der Waals surface area (Å²) in [6, 6.07) is 0. The number of rotatable bonds is 0. The Balaban J connectivity index is 0.000000413. The van der Waals surface area contributed by atoms with Gasteiger partial charge in [-0.1, -0.05) is 25.7 Å². The van der Waals surface area contributed by atoms with Gasteiger partial charge in [0.1, 0.15) is 0 Å². The minimum atomic E-state index is -1.82. The fraction of sp³-hybridized carbons (Fsp3) is 0.750. The molecule has 0 aromatic heterocycles. The van der Waals surface area contributed by atoms with Gasteiger partial charge in [0.05, 0.1) is 0 Å². The van der Waals surface area contributed by atoms with E-state index in [1.54, 1.807) is 9.80 Å². The first-order valence-electron chi connectivity index (χ1n) is 8.48. The molecule has 2 fully saturated rings. The maximum atomic E-state index is 12.2. The van der Waals surface area contributed by atoms with E-state index in [0.29, 0.717) is 0 Å². The standard InChI is InChI=1S/C14H24N2O2.C2H2O4/c17-13-14(18)16-10-6-2-1-5-9-15(13)11-7-3-4-8-12-16;3-1(4)2(5)6/h1-12H2;(H,3,4)(H,5,6). The summed E-state index contributed by atoms with van der Waals surface area (Å²) in [5.74, 6) is -4.18. The van der Waals surface area contributed by atoms with Gasteiger partial charge in [-0.3, -0.25) is 9.59 Å². The molecule has 2 amide bonds. The van der Waals surface area contributed by atoms with Crippen molar-refractivity contribution in [2.45, 2.75) is 51.4 Å². The highest BCUT2D eigenvalue weighted by atomic mass is 16.4. The third kappa shape index (κ3) is 6.97. The Kier molecular flexibility index (Phi) is 8.81. The molecule has 8 heteroatoms.